The van der Waals surface area contributed by atoms with Crippen molar-refractivity contribution in [2.75, 3.05) is 67.3 Å². The molecule has 0 atom stereocenters. The van der Waals surface area contributed by atoms with Crippen molar-refractivity contribution in [1.29, 1.82) is 0 Å². The van der Waals surface area contributed by atoms with Gasteiger partial charge in [-0.3, -0.25) is 9.11 Å². The zero-order chi connectivity index (χ0) is 32.3. The summed E-state index contributed by atoms with van der Waals surface area (Å²) in [5, 5.41) is 0. The molecule has 0 aliphatic carbocycles. The Morgan fingerprint density at radius 1 is 0.651 bits per heavy atom. The van der Waals surface area contributed by atoms with Crippen LogP contribution in [0.3, 0.4) is 0 Å². The van der Waals surface area contributed by atoms with Gasteiger partial charge >= 0.3 is 0 Å². The molecule has 0 saturated carbocycles. The topological polar surface area (TPSA) is 154 Å². The van der Waals surface area contributed by atoms with E-state index in [0.29, 0.717) is 24.7 Å². The molecule has 0 saturated heterocycles. The second kappa shape index (κ2) is 16.9. The standard InChI is InChI=1S/C29H48N2O10S2/c1-29(2,25-13-21(17-36-3)27(22(14-25)18-37-4)40-11-9-30-42(7,32)33)26-15-23(19-38-5)28(24(16-26)20-39-6)41-12-10-31-43(8,34)35/h13-16,30-33H,9-12,17-20H2,1-8H3. The van der Waals surface area contributed by atoms with Crippen molar-refractivity contribution in [3.8, 4) is 11.5 Å². The Hall–Kier alpha value is -1.98. The normalized spacial score (nSPS) is 12.9. The maximum atomic E-state index is 11.5. The Morgan fingerprint density at radius 3 is 1.26 bits per heavy atom. The molecule has 246 valence electrons. The molecule has 0 aliphatic rings. The Labute approximate surface area is 257 Å². The van der Waals surface area contributed by atoms with Crippen LogP contribution in [0, 0.1) is 0 Å². The number of methoxy groups -OCH3 is 4. The van der Waals surface area contributed by atoms with Crippen LogP contribution in [0.25, 0.3) is 0 Å². The summed E-state index contributed by atoms with van der Waals surface area (Å²) >= 11 is 0. The van der Waals surface area contributed by atoms with Gasteiger partial charge in [0.25, 0.3) is 0 Å². The highest BCUT2D eigenvalue weighted by Crippen LogP contribution is 2.40. The van der Waals surface area contributed by atoms with Gasteiger partial charge in [-0.25, -0.2) is 17.9 Å². The van der Waals surface area contributed by atoms with Crippen molar-refractivity contribution in [2.45, 2.75) is 45.7 Å². The average molecular weight is 649 g/mol. The Kier molecular flexibility index (Phi) is 14.6. The van der Waals surface area contributed by atoms with Crippen molar-refractivity contribution >= 4 is 20.8 Å². The lowest BCUT2D eigenvalue weighted by atomic mass is 9.76. The van der Waals surface area contributed by atoms with E-state index in [1.165, 1.54) is 6.26 Å². The summed E-state index contributed by atoms with van der Waals surface area (Å²) < 4.78 is 81.5. The van der Waals surface area contributed by atoms with E-state index in [0.717, 1.165) is 39.6 Å². The number of nitrogens with one attached hydrogen (secondary N) is 2. The molecule has 0 aliphatic heterocycles. The summed E-state index contributed by atoms with van der Waals surface area (Å²) in [4.78, 5) is 0. The minimum absolute atomic E-state index is 0.125. The number of benzene rings is 2. The third-order valence-electron chi connectivity index (χ3n) is 6.56. The Morgan fingerprint density at radius 2 is 0.977 bits per heavy atom. The first-order valence-electron chi connectivity index (χ1n) is 13.6. The van der Waals surface area contributed by atoms with Gasteiger partial charge in [0.15, 0.2) is 0 Å². The lowest BCUT2D eigenvalue weighted by molar-refractivity contribution is 0.170. The van der Waals surface area contributed by atoms with E-state index in [1.807, 2.05) is 24.3 Å². The largest absolute Gasteiger partial charge is 0.491 e. The smallest absolute Gasteiger partial charge is 0.208 e. The number of hydrogen-bond acceptors (Lipinski definition) is 11. The molecular formula is C29H48N2O10S2. The summed E-state index contributed by atoms with van der Waals surface area (Å²) in [6.07, 6.45) is 2.42. The molecule has 0 bridgehead atoms. The maximum absolute atomic E-state index is 11.5. The van der Waals surface area contributed by atoms with E-state index in [9.17, 15) is 17.5 Å². The molecule has 2 aromatic carbocycles. The van der Waals surface area contributed by atoms with Crippen LogP contribution in [0.5, 0.6) is 11.5 Å². The average Bonchev–Trinajstić information content (AvgIpc) is 2.90. The number of rotatable bonds is 20. The highest BCUT2D eigenvalue weighted by atomic mass is 32.3. The predicted molar refractivity (Wildman–Crippen MR) is 168 cm³/mol. The van der Waals surface area contributed by atoms with Gasteiger partial charge in [-0.15, -0.1) is 10.8 Å². The molecule has 0 fully saturated rings. The third-order valence-corrected chi connectivity index (χ3v) is 8.04. The van der Waals surface area contributed by atoms with E-state index < -0.39 is 26.2 Å². The van der Waals surface area contributed by atoms with Crippen molar-refractivity contribution in [3.05, 3.63) is 57.6 Å². The highest BCUT2D eigenvalue weighted by Gasteiger charge is 2.28. The molecule has 0 aromatic heterocycles. The fourth-order valence-corrected chi connectivity index (χ4v) is 5.51. The van der Waals surface area contributed by atoms with Crippen molar-refractivity contribution in [2.24, 2.45) is 0 Å². The second-order valence-electron chi connectivity index (χ2n) is 10.7. The molecule has 43 heavy (non-hydrogen) atoms. The summed E-state index contributed by atoms with van der Waals surface area (Å²) in [6.45, 7) is 6.10. The van der Waals surface area contributed by atoms with Crippen molar-refractivity contribution in [1.82, 2.24) is 9.44 Å². The van der Waals surface area contributed by atoms with E-state index in [1.54, 1.807) is 28.4 Å². The van der Waals surface area contributed by atoms with Gasteiger partial charge in [0.2, 0.25) is 10.0 Å². The van der Waals surface area contributed by atoms with Crippen LogP contribution in [0.1, 0.15) is 47.2 Å². The van der Waals surface area contributed by atoms with Crippen molar-refractivity contribution < 1.29 is 45.9 Å². The van der Waals surface area contributed by atoms with Crippen LogP contribution in [-0.2, 0) is 60.8 Å². The fraction of sp³-hybridized carbons (Fsp3) is 0.586. The molecule has 14 heteroatoms. The van der Waals surface area contributed by atoms with Gasteiger partial charge in [0, 0.05) is 75.5 Å². The van der Waals surface area contributed by atoms with Gasteiger partial charge in [-0.1, -0.05) is 13.8 Å². The first-order valence-corrected chi connectivity index (χ1v) is 17.5. The maximum Gasteiger partial charge on any atom is 0.208 e. The van der Waals surface area contributed by atoms with Crippen LogP contribution >= 0.6 is 10.8 Å². The van der Waals surface area contributed by atoms with Crippen LogP contribution in [0.2, 0.25) is 0 Å². The zero-order valence-corrected chi connectivity index (χ0v) is 28.1. The molecular weight excluding hydrogens is 600 g/mol. The highest BCUT2D eigenvalue weighted by molar-refractivity contribution is 8.22. The molecule has 0 unspecified atom stereocenters. The number of ether oxygens (including phenoxy) is 6. The molecule has 0 radical (unpaired) electrons. The summed E-state index contributed by atoms with van der Waals surface area (Å²) in [5.41, 5.74) is 4.76. The Balaban J connectivity index is 2.55. The number of hydrogen-bond donors (Lipinski definition) is 4. The zero-order valence-electron chi connectivity index (χ0n) is 26.4. The molecule has 2 rings (SSSR count). The van der Waals surface area contributed by atoms with Gasteiger partial charge < -0.3 is 28.4 Å². The van der Waals surface area contributed by atoms with Crippen molar-refractivity contribution in [3.63, 3.8) is 0 Å². The van der Waals surface area contributed by atoms with Crippen LogP contribution in [0.15, 0.2) is 24.3 Å². The summed E-state index contributed by atoms with van der Waals surface area (Å²) in [7, 11) is 0.263. The molecule has 0 amide bonds. The minimum atomic E-state index is -3.34. The van der Waals surface area contributed by atoms with Crippen LogP contribution < -0.4 is 18.9 Å². The summed E-state index contributed by atoms with van der Waals surface area (Å²) in [5.74, 6) is 1.23. The lowest BCUT2D eigenvalue weighted by Crippen LogP contribution is -2.27. The van der Waals surface area contributed by atoms with E-state index in [2.05, 4.69) is 23.3 Å². The Bertz CT molecular complexity index is 1230. The van der Waals surface area contributed by atoms with E-state index in [4.69, 9.17) is 28.4 Å². The molecule has 0 spiro atoms. The SMILES string of the molecule is COCc1cc(C(C)(C)c2cc(COC)c(OCCNS(C)(=O)=O)c(COC)c2)cc(COC)c1OCCNS(C)(O)O. The first-order chi connectivity index (χ1) is 20.2. The van der Waals surface area contributed by atoms with Gasteiger partial charge in [-0.05, 0) is 35.4 Å². The van der Waals surface area contributed by atoms with Gasteiger partial charge in [0.1, 0.15) is 24.7 Å². The first kappa shape index (κ1) is 37.2. The van der Waals surface area contributed by atoms with Crippen LogP contribution in [-0.4, -0.2) is 84.8 Å². The second-order valence-corrected chi connectivity index (χ2v) is 14.5. The summed E-state index contributed by atoms with van der Waals surface area (Å²) in [6, 6.07) is 8.17. The van der Waals surface area contributed by atoms with Gasteiger partial charge in [-0.2, -0.15) is 0 Å². The van der Waals surface area contributed by atoms with Gasteiger partial charge in [0.05, 0.1) is 32.7 Å². The predicted octanol–water partition coefficient (Wildman–Crippen LogP) is 3.79. The minimum Gasteiger partial charge on any atom is -0.491 e. The molecule has 12 nitrogen and oxygen atoms in total. The van der Waals surface area contributed by atoms with E-state index in [-0.39, 0.29) is 39.5 Å². The molecule has 2 aromatic rings. The molecule has 4 N–H and O–H groups in total. The molecule has 0 heterocycles. The van der Waals surface area contributed by atoms with Crippen LogP contribution in [0.4, 0.5) is 0 Å². The third kappa shape index (κ3) is 11.8. The number of sulfonamides is 1. The lowest BCUT2D eigenvalue weighted by Gasteiger charge is -2.31. The monoisotopic (exact) mass is 648 g/mol. The quantitative estimate of drug-likeness (QED) is 0.155. The van der Waals surface area contributed by atoms with E-state index >= 15 is 0 Å². The fourth-order valence-electron chi connectivity index (χ4n) is 4.59.